The summed E-state index contributed by atoms with van der Waals surface area (Å²) >= 11 is 0. The third kappa shape index (κ3) is 5.23. The zero-order valence-electron chi connectivity index (χ0n) is 17.5. The van der Waals surface area contributed by atoms with Gasteiger partial charge in [0.2, 0.25) is 0 Å². The van der Waals surface area contributed by atoms with Crippen LogP contribution in [-0.4, -0.2) is 24.5 Å². The second kappa shape index (κ2) is 10.5. The third-order valence-corrected chi connectivity index (χ3v) is 4.97. The number of anilines is 1. The second-order valence-electron chi connectivity index (χ2n) is 7.13. The summed E-state index contributed by atoms with van der Waals surface area (Å²) in [6, 6.07) is 13.9. The molecular weight excluding hydrogens is 379 g/mol. The van der Waals surface area contributed by atoms with Crippen LogP contribution in [0.5, 0.6) is 5.75 Å². The third-order valence-electron chi connectivity index (χ3n) is 4.97. The smallest absolute Gasteiger partial charge is 0.258 e. The molecule has 156 valence electrons. The van der Waals surface area contributed by atoms with Crippen molar-refractivity contribution in [3.63, 3.8) is 0 Å². The van der Waals surface area contributed by atoms with E-state index in [2.05, 4.69) is 11.1 Å². The van der Waals surface area contributed by atoms with Gasteiger partial charge in [0.1, 0.15) is 0 Å². The van der Waals surface area contributed by atoms with Crippen molar-refractivity contribution in [1.82, 2.24) is 4.98 Å². The van der Waals surface area contributed by atoms with Crippen molar-refractivity contribution in [1.29, 1.82) is 0 Å². The van der Waals surface area contributed by atoms with Gasteiger partial charge in [-0.05, 0) is 69.0 Å². The summed E-state index contributed by atoms with van der Waals surface area (Å²) in [7, 11) is 1.57. The van der Waals surface area contributed by atoms with Crippen LogP contribution in [-0.2, 0) is 0 Å². The molecule has 1 heterocycles. The van der Waals surface area contributed by atoms with E-state index in [9.17, 15) is 9.18 Å². The van der Waals surface area contributed by atoms with E-state index in [1.165, 1.54) is 4.90 Å². The molecule has 0 fully saturated rings. The van der Waals surface area contributed by atoms with Crippen molar-refractivity contribution < 1.29 is 13.9 Å². The van der Waals surface area contributed by atoms with E-state index in [0.29, 0.717) is 12.2 Å². The van der Waals surface area contributed by atoms with Crippen molar-refractivity contribution in [3.05, 3.63) is 78.3 Å². The second-order valence-corrected chi connectivity index (χ2v) is 7.13. The van der Waals surface area contributed by atoms with E-state index in [1.807, 2.05) is 25.1 Å². The summed E-state index contributed by atoms with van der Waals surface area (Å²) in [5.41, 5.74) is 1.48. The van der Waals surface area contributed by atoms with E-state index in [1.54, 1.807) is 49.6 Å². The lowest BCUT2D eigenvalue weighted by atomic mass is 10.1. The van der Waals surface area contributed by atoms with Crippen LogP contribution in [0.25, 0.3) is 10.9 Å². The number of halogens is 1. The number of rotatable bonds is 9. The van der Waals surface area contributed by atoms with Crippen molar-refractivity contribution in [2.24, 2.45) is 0 Å². The number of carbonyl (C=O) groups is 1. The molecule has 0 saturated heterocycles. The Bertz CT molecular complexity index is 1030. The lowest BCUT2D eigenvalue weighted by Crippen LogP contribution is -2.27. The molecule has 0 unspecified atom stereocenters. The number of amides is 1. The number of hydrogen-bond donors (Lipinski definition) is 0. The molecule has 30 heavy (non-hydrogen) atoms. The highest BCUT2D eigenvalue weighted by Crippen LogP contribution is 2.28. The Hall–Kier alpha value is -3.21. The molecule has 0 aliphatic carbocycles. The minimum atomic E-state index is -0.523. The maximum atomic E-state index is 15.0. The summed E-state index contributed by atoms with van der Waals surface area (Å²) in [5, 5.41) is 0.865. The molecule has 1 aromatic heterocycles. The maximum Gasteiger partial charge on any atom is 0.258 e. The summed E-state index contributed by atoms with van der Waals surface area (Å²) in [5.74, 6) is -0.645. The molecule has 3 aromatic rings. The fourth-order valence-corrected chi connectivity index (χ4v) is 3.27. The summed E-state index contributed by atoms with van der Waals surface area (Å²) in [4.78, 5) is 18.5. The molecule has 0 atom stereocenters. The van der Waals surface area contributed by atoms with Gasteiger partial charge in [-0.3, -0.25) is 9.78 Å². The Kier molecular flexibility index (Phi) is 7.55. The van der Waals surface area contributed by atoms with Gasteiger partial charge >= 0.3 is 0 Å². The Balaban J connectivity index is 1.67. The van der Waals surface area contributed by atoms with E-state index >= 15 is 0 Å². The van der Waals surface area contributed by atoms with Gasteiger partial charge in [0.15, 0.2) is 11.6 Å². The van der Waals surface area contributed by atoms with E-state index in [4.69, 9.17) is 4.74 Å². The number of fused-ring (bicyclic) bond motifs is 1. The number of unbranched alkanes of at least 4 members (excludes halogenated alkanes) is 3. The zero-order valence-corrected chi connectivity index (χ0v) is 17.5. The number of benzene rings is 2. The van der Waals surface area contributed by atoms with E-state index in [-0.39, 0.29) is 17.3 Å². The van der Waals surface area contributed by atoms with Crippen LogP contribution in [0, 0.1) is 5.82 Å². The Labute approximate surface area is 177 Å². The van der Waals surface area contributed by atoms with Crippen LogP contribution in [0.4, 0.5) is 10.1 Å². The van der Waals surface area contributed by atoms with Gasteiger partial charge in [-0.2, -0.15) is 0 Å². The Morgan fingerprint density at radius 3 is 2.83 bits per heavy atom. The van der Waals surface area contributed by atoms with Gasteiger partial charge in [0.25, 0.3) is 5.91 Å². The van der Waals surface area contributed by atoms with Crippen LogP contribution in [0.15, 0.2) is 66.9 Å². The van der Waals surface area contributed by atoms with Crippen LogP contribution < -0.4 is 9.64 Å². The van der Waals surface area contributed by atoms with Crippen LogP contribution in [0.1, 0.15) is 43.0 Å². The lowest BCUT2D eigenvalue weighted by molar-refractivity contribution is 0.0992. The normalized spacial score (nSPS) is 11.2. The molecule has 0 saturated carbocycles. The van der Waals surface area contributed by atoms with Crippen molar-refractivity contribution in [3.8, 4) is 5.75 Å². The number of pyridine rings is 1. The quantitative estimate of drug-likeness (QED) is 0.315. The largest absolute Gasteiger partial charge is 0.490 e. The van der Waals surface area contributed by atoms with E-state index < -0.39 is 5.82 Å². The first-order valence-corrected chi connectivity index (χ1v) is 10.3. The molecule has 1 amide bonds. The van der Waals surface area contributed by atoms with Crippen molar-refractivity contribution >= 4 is 22.5 Å². The standard InChI is InChI=1S/C25H27FN2O2/c1-3-4-5-6-7-8-17-30-23-13-9-12-22(24(23)26)28(2)25(29)20-14-15-21-19(18-20)11-10-16-27-21/h3-4,9-16,18H,5-8,17H2,1-2H3. The van der Waals surface area contributed by atoms with Gasteiger partial charge in [0, 0.05) is 24.2 Å². The predicted octanol–water partition coefficient (Wildman–Crippen LogP) is 6.17. The number of allylic oxidation sites excluding steroid dienone is 2. The minimum absolute atomic E-state index is 0.170. The molecule has 0 aliphatic rings. The minimum Gasteiger partial charge on any atom is -0.490 e. The average molecular weight is 407 g/mol. The van der Waals surface area contributed by atoms with Gasteiger partial charge < -0.3 is 9.64 Å². The molecule has 0 radical (unpaired) electrons. The van der Waals surface area contributed by atoms with Gasteiger partial charge in [-0.25, -0.2) is 4.39 Å². The van der Waals surface area contributed by atoms with E-state index in [0.717, 1.165) is 36.6 Å². The van der Waals surface area contributed by atoms with Gasteiger partial charge in [-0.15, -0.1) is 0 Å². The van der Waals surface area contributed by atoms with Crippen LogP contribution in [0.2, 0.25) is 0 Å². The predicted molar refractivity (Wildman–Crippen MR) is 120 cm³/mol. The van der Waals surface area contributed by atoms with Gasteiger partial charge in [0.05, 0.1) is 17.8 Å². The van der Waals surface area contributed by atoms with Crippen molar-refractivity contribution in [2.75, 3.05) is 18.6 Å². The molecule has 0 aliphatic heterocycles. The molecule has 0 N–H and O–H groups in total. The number of nitrogens with zero attached hydrogens (tertiary/aromatic N) is 2. The molecule has 4 nitrogen and oxygen atoms in total. The summed E-state index contributed by atoms with van der Waals surface area (Å²) < 4.78 is 20.6. The first-order valence-electron chi connectivity index (χ1n) is 10.3. The van der Waals surface area contributed by atoms with Crippen LogP contribution >= 0.6 is 0 Å². The molecule has 5 heteroatoms. The fraction of sp³-hybridized carbons (Fsp3) is 0.280. The lowest BCUT2D eigenvalue weighted by Gasteiger charge is -2.20. The molecular formula is C25H27FN2O2. The average Bonchev–Trinajstić information content (AvgIpc) is 2.78. The van der Waals surface area contributed by atoms with Crippen LogP contribution in [0.3, 0.4) is 0 Å². The highest BCUT2D eigenvalue weighted by Gasteiger charge is 2.19. The topological polar surface area (TPSA) is 42.4 Å². The number of aromatic nitrogens is 1. The number of hydrogen-bond acceptors (Lipinski definition) is 3. The first-order chi connectivity index (χ1) is 14.6. The highest BCUT2D eigenvalue weighted by atomic mass is 19.1. The molecule has 2 aromatic carbocycles. The Morgan fingerprint density at radius 1 is 1.13 bits per heavy atom. The summed E-state index contributed by atoms with van der Waals surface area (Å²) in [6.45, 7) is 2.46. The molecule has 0 spiro atoms. The molecule has 0 bridgehead atoms. The molecule has 3 rings (SSSR count). The Morgan fingerprint density at radius 2 is 2.00 bits per heavy atom. The van der Waals surface area contributed by atoms with Crippen molar-refractivity contribution in [2.45, 2.75) is 32.6 Å². The fourth-order valence-electron chi connectivity index (χ4n) is 3.27. The number of carbonyl (C=O) groups excluding carboxylic acids is 1. The van der Waals surface area contributed by atoms with Gasteiger partial charge in [-0.1, -0.05) is 24.3 Å². The number of ether oxygens (including phenoxy) is 1. The zero-order chi connectivity index (χ0) is 21.3. The first kappa shape index (κ1) is 21.5. The summed E-state index contributed by atoms with van der Waals surface area (Å²) in [6.07, 6.45) is 9.93. The maximum absolute atomic E-state index is 15.0. The SMILES string of the molecule is CC=CCCCCCOc1cccc(N(C)C(=O)c2ccc3ncccc3c2)c1F. The monoisotopic (exact) mass is 406 g/mol. The highest BCUT2D eigenvalue weighted by molar-refractivity contribution is 6.07.